The molecule has 0 amide bonds. The number of ether oxygens (including phenoxy) is 1. The fourth-order valence-corrected chi connectivity index (χ4v) is 2.88. The highest BCUT2D eigenvalue weighted by Gasteiger charge is 2.22. The summed E-state index contributed by atoms with van der Waals surface area (Å²) in [7, 11) is 0. The molecule has 1 aromatic carbocycles. The minimum absolute atomic E-state index is 0.0583. The average molecular weight is 278 g/mol. The van der Waals surface area contributed by atoms with Crippen molar-refractivity contribution < 1.29 is 9.53 Å². The highest BCUT2D eigenvalue weighted by Crippen LogP contribution is 2.25. The van der Waals surface area contributed by atoms with Crippen molar-refractivity contribution in [1.29, 1.82) is 0 Å². The Kier molecular flexibility index (Phi) is 4.56. The first-order valence-electron chi connectivity index (χ1n) is 6.84. The molecule has 0 spiro atoms. The largest absolute Gasteiger partial charge is 0.461 e. The van der Waals surface area contributed by atoms with Gasteiger partial charge in [-0.1, -0.05) is 45.0 Å². The summed E-state index contributed by atoms with van der Waals surface area (Å²) in [6, 6.07) is 8.44. The molecule has 0 saturated carbocycles. The van der Waals surface area contributed by atoms with Crippen molar-refractivity contribution in [3.63, 3.8) is 0 Å². The van der Waals surface area contributed by atoms with Crippen molar-refractivity contribution in [2.75, 3.05) is 5.75 Å². The average Bonchev–Trinajstić information content (AvgIpc) is 2.35. The summed E-state index contributed by atoms with van der Waals surface area (Å²) in [6.07, 6.45) is 2.88. The first kappa shape index (κ1) is 14.4. The Balaban J connectivity index is 1.84. The van der Waals surface area contributed by atoms with E-state index in [0.717, 1.165) is 19.3 Å². The predicted octanol–water partition coefficient (Wildman–Crippen LogP) is 3.62. The zero-order valence-corrected chi connectivity index (χ0v) is 12.8. The normalized spacial score (nSPS) is 18.8. The van der Waals surface area contributed by atoms with Crippen molar-refractivity contribution in [2.45, 2.75) is 50.9 Å². The van der Waals surface area contributed by atoms with E-state index in [1.807, 2.05) is 0 Å². The number of carbonyl (C=O) groups is 1. The first-order valence-corrected chi connectivity index (χ1v) is 7.83. The van der Waals surface area contributed by atoms with Gasteiger partial charge in [-0.3, -0.25) is 4.79 Å². The fourth-order valence-electron chi connectivity index (χ4n) is 2.26. The number of benzene rings is 1. The zero-order valence-electron chi connectivity index (χ0n) is 11.9. The van der Waals surface area contributed by atoms with E-state index in [1.165, 1.54) is 11.1 Å². The summed E-state index contributed by atoms with van der Waals surface area (Å²) < 4.78 is 5.69. The number of thioether (sulfide) groups is 1. The Labute approximate surface area is 119 Å². The second kappa shape index (κ2) is 6.00. The Morgan fingerprint density at radius 3 is 2.68 bits per heavy atom. The molecule has 104 valence electrons. The van der Waals surface area contributed by atoms with Crippen molar-refractivity contribution in [2.24, 2.45) is 0 Å². The van der Waals surface area contributed by atoms with Gasteiger partial charge in [0.05, 0.1) is 5.75 Å². The zero-order chi connectivity index (χ0) is 13.9. The molecule has 1 atom stereocenters. The lowest BCUT2D eigenvalue weighted by molar-refractivity contribution is -0.146. The third kappa shape index (κ3) is 4.57. The lowest BCUT2D eigenvalue weighted by Crippen LogP contribution is -2.27. The van der Waals surface area contributed by atoms with E-state index >= 15 is 0 Å². The predicted molar refractivity (Wildman–Crippen MR) is 80.6 cm³/mol. The quantitative estimate of drug-likeness (QED) is 0.790. The molecule has 0 radical (unpaired) electrons. The van der Waals surface area contributed by atoms with Crippen molar-refractivity contribution >= 4 is 17.7 Å². The summed E-state index contributed by atoms with van der Waals surface area (Å²) in [5, 5.41) is 0. The van der Waals surface area contributed by atoms with Gasteiger partial charge in [-0.15, -0.1) is 11.8 Å². The van der Waals surface area contributed by atoms with Gasteiger partial charge in [0.1, 0.15) is 6.10 Å². The molecule has 0 fully saturated rings. The number of rotatable bonds is 3. The molecular weight excluding hydrogens is 256 g/mol. The molecule has 1 aliphatic carbocycles. The third-order valence-electron chi connectivity index (χ3n) is 3.22. The van der Waals surface area contributed by atoms with Crippen LogP contribution in [0.5, 0.6) is 0 Å². The van der Waals surface area contributed by atoms with Crippen LogP contribution in [0.15, 0.2) is 24.3 Å². The minimum atomic E-state index is -0.0793. The monoisotopic (exact) mass is 278 g/mol. The number of fused-ring (bicyclic) bond motifs is 1. The Bertz CT molecular complexity index is 448. The summed E-state index contributed by atoms with van der Waals surface area (Å²) in [4.78, 5) is 11.8. The molecule has 0 bridgehead atoms. The van der Waals surface area contributed by atoms with E-state index in [1.54, 1.807) is 11.8 Å². The fraction of sp³-hybridized carbons (Fsp3) is 0.562. The molecule has 0 aromatic heterocycles. The van der Waals surface area contributed by atoms with E-state index in [-0.39, 0.29) is 16.8 Å². The van der Waals surface area contributed by atoms with Crippen LogP contribution in [-0.2, 0) is 22.4 Å². The Morgan fingerprint density at radius 1 is 1.32 bits per heavy atom. The van der Waals surface area contributed by atoms with E-state index in [4.69, 9.17) is 4.74 Å². The molecule has 1 aliphatic rings. The van der Waals surface area contributed by atoms with Gasteiger partial charge in [-0.05, 0) is 24.0 Å². The van der Waals surface area contributed by atoms with Gasteiger partial charge in [0, 0.05) is 11.2 Å². The maximum absolute atomic E-state index is 11.8. The van der Waals surface area contributed by atoms with Crippen molar-refractivity contribution in [3.8, 4) is 0 Å². The number of hydrogen-bond acceptors (Lipinski definition) is 3. The van der Waals surface area contributed by atoms with Crippen LogP contribution in [0.4, 0.5) is 0 Å². The smallest absolute Gasteiger partial charge is 0.316 e. The summed E-state index contributed by atoms with van der Waals surface area (Å²) >= 11 is 1.64. The van der Waals surface area contributed by atoms with Crippen LogP contribution < -0.4 is 0 Å². The molecule has 0 N–H and O–H groups in total. The second-order valence-corrected chi connectivity index (χ2v) is 7.83. The Hall–Kier alpha value is -0.960. The Morgan fingerprint density at radius 2 is 2.00 bits per heavy atom. The molecule has 2 rings (SSSR count). The minimum Gasteiger partial charge on any atom is -0.461 e. The van der Waals surface area contributed by atoms with E-state index in [2.05, 4.69) is 45.0 Å². The number of aryl methyl sites for hydroxylation is 1. The second-order valence-electron chi connectivity index (χ2n) is 6.02. The number of hydrogen-bond donors (Lipinski definition) is 0. The first-order chi connectivity index (χ1) is 8.94. The van der Waals surface area contributed by atoms with Gasteiger partial charge < -0.3 is 4.74 Å². The number of carbonyl (C=O) groups excluding carboxylic acids is 1. The molecule has 19 heavy (non-hydrogen) atoms. The van der Waals surface area contributed by atoms with Gasteiger partial charge in [-0.2, -0.15) is 0 Å². The highest BCUT2D eigenvalue weighted by molar-refractivity contribution is 8.01. The van der Waals surface area contributed by atoms with Gasteiger partial charge in [-0.25, -0.2) is 0 Å². The lowest BCUT2D eigenvalue weighted by Gasteiger charge is -2.25. The molecule has 1 aromatic rings. The van der Waals surface area contributed by atoms with Crippen LogP contribution in [-0.4, -0.2) is 22.6 Å². The molecular formula is C16H22O2S. The lowest BCUT2D eigenvalue weighted by atomic mass is 9.90. The summed E-state index contributed by atoms with van der Waals surface area (Å²) in [5.74, 6) is 0.367. The van der Waals surface area contributed by atoms with Gasteiger partial charge in [0.15, 0.2) is 0 Å². The molecule has 0 heterocycles. The maximum atomic E-state index is 11.8. The van der Waals surface area contributed by atoms with Crippen molar-refractivity contribution in [3.05, 3.63) is 35.4 Å². The maximum Gasteiger partial charge on any atom is 0.316 e. The summed E-state index contributed by atoms with van der Waals surface area (Å²) in [6.45, 7) is 6.34. The van der Waals surface area contributed by atoms with Gasteiger partial charge in [0.2, 0.25) is 0 Å². The van der Waals surface area contributed by atoms with Gasteiger partial charge >= 0.3 is 5.97 Å². The molecule has 0 aliphatic heterocycles. The van der Waals surface area contributed by atoms with Crippen LogP contribution in [0, 0.1) is 0 Å². The van der Waals surface area contributed by atoms with E-state index < -0.39 is 0 Å². The van der Waals surface area contributed by atoms with E-state index in [0.29, 0.717) is 5.75 Å². The third-order valence-corrected chi connectivity index (χ3v) is 4.47. The SMILES string of the molecule is CC(C)(C)SCC(=O)OC1CCc2ccccc2C1. The molecule has 0 saturated heterocycles. The van der Waals surface area contributed by atoms with Crippen molar-refractivity contribution in [1.82, 2.24) is 0 Å². The van der Waals surface area contributed by atoms with Gasteiger partial charge in [0.25, 0.3) is 0 Å². The van der Waals surface area contributed by atoms with Crippen LogP contribution in [0.2, 0.25) is 0 Å². The van der Waals surface area contributed by atoms with Crippen LogP contribution in [0.3, 0.4) is 0 Å². The van der Waals surface area contributed by atoms with Crippen LogP contribution >= 0.6 is 11.8 Å². The summed E-state index contributed by atoms with van der Waals surface area (Å²) in [5.41, 5.74) is 2.73. The van der Waals surface area contributed by atoms with Crippen LogP contribution in [0.25, 0.3) is 0 Å². The molecule has 3 heteroatoms. The molecule has 1 unspecified atom stereocenters. The van der Waals surface area contributed by atoms with Crippen LogP contribution in [0.1, 0.15) is 38.3 Å². The topological polar surface area (TPSA) is 26.3 Å². The molecule has 2 nitrogen and oxygen atoms in total. The number of esters is 1. The van der Waals surface area contributed by atoms with E-state index in [9.17, 15) is 4.79 Å². The highest BCUT2D eigenvalue weighted by atomic mass is 32.2. The standard InChI is InChI=1S/C16H22O2S/c1-16(2,3)19-11-15(17)18-14-9-8-12-6-4-5-7-13(12)10-14/h4-7,14H,8-11H2,1-3H3.